The van der Waals surface area contributed by atoms with Gasteiger partial charge < -0.3 is 4.90 Å². The van der Waals surface area contributed by atoms with Crippen LogP contribution in [0.3, 0.4) is 0 Å². The van der Waals surface area contributed by atoms with E-state index in [9.17, 15) is 0 Å². The summed E-state index contributed by atoms with van der Waals surface area (Å²) in [6.45, 7) is 9.38. The predicted octanol–water partition coefficient (Wildman–Crippen LogP) is 3.64. The zero-order valence-corrected chi connectivity index (χ0v) is 14.6. The Bertz CT molecular complexity index is 620. The maximum Gasteiger partial charge on any atom is 0.208 e. The number of hydrogen-bond donors (Lipinski definition) is 0. The van der Waals surface area contributed by atoms with Crippen molar-refractivity contribution in [2.75, 3.05) is 31.1 Å². The molecule has 1 fully saturated rings. The first-order valence-corrected chi connectivity index (χ1v) is 8.86. The van der Waals surface area contributed by atoms with E-state index in [1.165, 1.54) is 5.56 Å². The quantitative estimate of drug-likeness (QED) is 0.853. The van der Waals surface area contributed by atoms with Gasteiger partial charge >= 0.3 is 0 Å². The smallest absolute Gasteiger partial charge is 0.208 e. The molecule has 118 valence electrons. The standard InChI is InChI=1S/C16H21ClN4S/c1-12(2)15-18-19-16(22-15)21-8-6-20(7-9-21)11-13-4-3-5-14(17)10-13/h3-5,10,12H,6-9,11H2,1-2H3. The minimum atomic E-state index is 0.454. The molecular weight excluding hydrogens is 316 g/mol. The van der Waals surface area contributed by atoms with Crippen LogP contribution in [-0.4, -0.2) is 41.3 Å². The summed E-state index contributed by atoms with van der Waals surface area (Å²) in [4.78, 5) is 4.81. The number of halogens is 1. The summed E-state index contributed by atoms with van der Waals surface area (Å²) in [5.74, 6) is 0.454. The number of hydrogen-bond acceptors (Lipinski definition) is 5. The molecule has 2 aromatic rings. The van der Waals surface area contributed by atoms with Gasteiger partial charge in [-0.05, 0) is 17.7 Å². The molecule has 1 aliphatic heterocycles. The SMILES string of the molecule is CC(C)c1nnc(N2CCN(Cc3cccc(Cl)c3)CC2)s1. The van der Waals surface area contributed by atoms with E-state index in [1.807, 2.05) is 18.2 Å². The molecule has 0 radical (unpaired) electrons. The summed E-state index contributed by atoms with van der Waals surface area (Å²) in [5, 5.41) is 11.6. The van der Waals surface area contributed by atoms with E-state index in [2.05, 4.69) is 39.9 Å². The van der Waals surface area contributed by atoms with Gasteiger partial charge in [-0.25, -0.2) is 0 Å². The van der Waals surface area contributed by atoms with Crippen molar-refractivity contribution in [2.45, 2.75) is 26.3 Å². The maximum atomic E-state index is 6.05. The molecule has 4 nitrogen and oxygen atoms in total. The predicted molar refractivity (Wildman–Crippen MR) is 92.9 cm³/mol. The van der Waals surface area contributed by atoms with Gasteiger partial charge in [0.15, 0.2) is 0 Å². The molecule has 0 bridgehead atoms. The minimum absolute atomic E-state index is 0.454. The van der Waals surface area contributed by atoms with Crippen LogP contribution in [0, 0.1) is 0 Å². The van der Waals surface area contributed by atoms with Crippen LogP contribution < -0.4 is 4.90 Å². The molecule has 1 aromatic carbocycles. The molecule has 1 saturated heterocycles. The lowest BCUT2D eigenvalue weighted by Crippen LogP contribution is -2.45. The fourth-order valence-electron chi connectivity index (χ4n) is 2.58. The second-order valence-corrected chi connectivity index (χ2v) is 7.39. The number of nitrogens with zero attached hydrogens (tertiary/aromatic N) is 4. The van der Waals surface area contributed by atoms with E-state index >= 15 is 0 Å². The van der Waals surface area contributed by atoms with Crippen LogP contribution in [0.5, 0.6) is 0 Å². The Labute approximate surface area is 140 Å². The Hall–Kier alpha value is -1.17. The molecule has 0 aliphatic carbocycles. The largest absolute Gasteiger partial charge is 0.344 e. The fraction of sp³-hybridized carbons (Fsp3) is 0.500. The molecule has 1 aliphatic rings. The summed E-state index contributed by atoms with van der Waals surface area (Å²) in [7, 11) is 0. The van der Waals surface area contributed by atoms with Crippen LogP contribution >= 0.6 is 22.9 Å². The molecule has 0 saturated carbocycles. The first-order valence-electron chi connectivity index (χ1n) is 7.67. The molecule has 2 heterocycles. The third kappa shape index (κ3) is 3.77. The van der Waals surface area contributed by atoms with Gasteiger partial charge in [0, 0.05) is 43.7 Å². The van der Waals surface area contributed by atoms with Crippen LogP contribution in [0.1, 0.15) is 30.3 Å². The van der Waals surface area contributed by atoms with E-state index in [4.69, 9.17) is 11.6 Å². The Kier molecular flexibility index (Phi) is 4.96. The lowest BCUT2D eigenvalue weighted by atomic mass is 10.2. The zero-order chi connectivity index (χ0) is 15.5. The second-order valence-electron chi connectivity index (χ2n) is 5.97. The lowest BCUT2D eigenvalue weighted by Gasteiger charge is -2.34. The zero-order valence-electron chi connectivity index (χ0n) is 13.0. The highest BCUT2D eigenvalue weighted by Gasteiger charge is 2.20. The van der Waals surface area contributed by atoms with Crippen molar-refractivity contribution in [3.05, 3.63) is 39.9 Å². The van der Waals surface area contributed by atoms with Crippen LogP contribution in [0.25, 0.3) is 0 Å². The fourth-order valence-corrected chi connectivity index (χ4v) is 3.69. The molecule has 0 amide bonds. The summed E-state index contributed by atoms with van der Waals surface area (Å²) in [6.07, 6.45) is 0. The van der Waals surface area contributed by atoms with Gasteiger partial charge in [-0.3, -0.25) is 4.90 Å². The van der Waals surface area contributed by atoms with Crippen LogP contribution in [-0.2, 0) is 6.54 Å². The minimum Gasteiger partial charge on any atom is -0.344 e. The summed E-state index contributed by atoms with van der Waals surface area (Å²) < 4.78 is 0. The Balaban J connectivity index is 1.55. The van der Waals surface area contributed by atoms with E-state index in [1.54, 1.807) is 11.3 Å². The molecule has 0 spiro atoms. The van der Waals surface area contributed by atoms with E-state index < -0.39 is 0 Å². The Morgan fingerprint density at radius 3 is 2.59 bits per heavy atom. The summed E-state index contributed by atoms with van der Waals surface area (Å²) >= 11 is 7.78. The van der Waals surface area contributed by atoms with Crippen molar-refractivity contribution in [1.29, 1.82) is 0 Å². The average Bonchev–Trinajstić information content (AvgIpc) is 2.98. The molecule has 6 heteroatoms. The maximum absolute atomic E-state index is 6.05. The highest BCUT2D eigenvalue weighted by Crippen LogP contribution is 2.26. The normalized spacial score (nSPS) is 16.5. The summed E-state index contributed by atoms with van der Waals surface area (Å²) in [5.41, 5.74) is 1.28. The molecule has 0 unspecified atom stereocenters. The van der Waals surface area contributed by atoms with E-state index in [-0.39, 0.29) is 0 Å². The molecule has 0 N–H and O–H groups in total. The van der Waals surface area contributed by atoms with Crippen LogP contribution in [0.4, 0.5) is 5.13 Å². The van der Waals surface area contributed by atoms with Gasteiger partial charge in [-0.15, -0.1) is 10.2 Å². The number of aromatic nitrogens is 2. The first-order chi connectivity index (χ1) is 10.6. The molecule has 1 aromatic heterocycles. The average molecular weight is 337 g/mol. The first kappa shape index (κ1) is 15.7. The molecule has 3 rings (SSSR count). The third-order valence-electron chi connectivity index (χ3n) is 3.86. The van der Waals surface area contributed by atoms with Crippen molar-refractivity contribution < 1.29 is 0 Å². The monoisotopic (exact) mass is 336 g/mol. The third-order valence-corrected chi connectivity index (χ3v) is 5.38. The highest BCUT2D eigenvalue weighted by atomic mass is 35.5. The number of anilines is 1. The molecule has 0 atom stereocenters. The van der Waals surface area contributed by atoms with Crippen molar-refractivity contribution in [1.82, 2.24) is 15.1 Å². The lowest BCUT2D eigenvalue weighted by molar-refractivity contribution is 0.249. The van der Waals surface area contributed by atoms with Gasteiger partial charge in [0.2, 0.25) is 5.13 Å². The Morgan fingerprint density at radius 2 is 1.95 bits per heavy atom. The second kappa shape index (κ2) is 6.94. The number of benzene rings is 1. The highest BCUT2D eigenvalue weighted by molar-refractivity contribution is 7.15. The van der Waals surface area contributed by atoms with Crippen molar-refractivity contribution in [3.63, 3.8) is 0 Å². The van der Waals surface area contributed by atoms with Crippen molar-refractivity contribution >= 4 is 28.1 Å². The number of piperazine rings is 1. The molecular formula is C16H21ClN4S. The Morgan fingerprint density at radius 1 is 1.18 bits per heavy atom. The van der Waals surface area contributed by atoms with Gasteiger partial charge in [0.05, 0.1) is 0 Å². The van der Waals surface area contributed by atoms with Crippen LogP contribution in [0.15, 0.2) is 24.3 Å². The van der Waals surface area contributed by atoms with E-state index in [0.29, 0.717) is 5.92 Å². The van der Waals surface area contributed by atoms with E-state index in [0.717, 1.165) is 47.9 Å². The summed E-state index contributed by atoms with van der Waals surface area (Å²) in [6, 6.07) is 8.12. The van der Waals surface area contributed by atoms with Gasteiger partial charge in [0.25, 0.3) is 0 Å². The molecule has 22 heavy (non-hydrogen) atoms. The van der Waals surface area contributed by atoms with Gasteiger partial charge in [-0.2, -0.15) is 0 Å². The van der Waals surface area contributed by atoms with Crippen LogP contribution in [0.2, 0.25) is 5.02 Å². The van der Waals surface area contributed by atoms with Gasteiger partial charge in [0.1, 0.15) is 5.01 Å². The van der Waals surface area contributed by atoms with Crippen molar-refractivity contribution in [2.24, 2.45) is 0 Å². The van der Waals surface area contributed by atoms with Gasteiger partial charge in [-0.1, -0.05) is 48.9 Å². The van der Waals surface area contributed by atoms with Crippen molar-refractivity contribution in [3.8, 4) is 0 Å². The number of rotatable bonds is 4. The topological polar surface area (TPSA) is 32.3 Å².